The van der Waals surface area contributed by atoms with Gasteiger partial charge in [0.25, 0.3) is 0 Å². The molecular weight excluding hydrogens is 346 g/mol. The van der Waals surface area contributed by atoms with Gasteiger partial charge in [-0.25, -0.2) is 4.79 Å². The van der Waals surface area contributed by atoms with Crippen LogP contribution < -0.4 is 5.32 Å². The van der Waals surface area contributed by atoms with Crippen LogP contribution in [0.2, 0.25) is 0 Å². The van der Waals surface area contributed by atoms with Crippen LogP contribution in [0, 0.1) is 0 Å². The molecule has 0 radical (unpaired) electrons. The Morgan fingerprint density at radius 2 is 1.79 bits per heavy atom. The van der Waals surface area contributed by atoms with Crippen LogP contribution in [0.25, 0.3) is 0 Å². The number of amides is 2. The fourth-order valence-corrected chi connectivity index (χ4v) is 4.05. The summed E-state index contributed by atoms with van der Waals surface area (Å²) in [5.74, 6) is 0. The van der Waals surface area contributed by atoms with Gasteiger partial charge in [0.05, 0.1) is 0 Å². The lowest BCUT2D eigenvalue weighted by Crippen LogP contribution is -2.44. The monoisotopic (exact) mass is 379 g/mol. The van der Waals surface area contributed by atoms with Gasteiger partial charge in [0.1, 0.15) is 0 Å². The summed E-state index contributed by atoms with van der Waals surface area (Å²) in [4.78, 5) is 17.5. The molecule has 2 aromatic carbocycles. The van der Waals surface area contributed by atoms with Gasteiger partial charge in [0.15, 0.2) is 0 Å². The molecule has 150 valence electrons. The summed E-state index contributed by atoms with van der Waals surface area (Å²) in [5, 5.41) is 3.18. The third-order valence-electron chi connectivity index (χ3n) is 5.52. The second kappa shape index (κ2) is 8.78. The van der Waals surface area contributed by atoms with E-state index in [0.717, 1.165) is 37.3 Å². The largest absolute Gasteiger partial charge is 0.322 e. The van der Waals surface area contributed by atoms with E-state index in [0.29, 0.717) is 6.54 Å². The highest BCUT2D eigenvalue weighted by molar-refractivity contribution is 5.90. The number of nitrogens with one attached hydrogen (secondary N) is 1. The van der Waals surface area contributed by atoms with E-state index in [2.05, 4.69) is 74.3 Å². The van der Waals surface area contributed by atoms with Gasteiger partial charge in [-0.3, -0.25) is 4.90 Å². The average Bonchev–Trinajstić information content (AvgIpc) is 3.11. The van der Waals surface area contributed by atoms with Crippen LogP contribution in [-0.2, 0) is 12.0 Å². The number of hydrogen-bond acceptors (Lipinski definition) is 2. The molecule has 0 bridgehead atoms. The normalized spacial score (nSPS) is 17.5. The predicted molar refractivity (Wildman–Crippen MR) is 117 cm³/mol. The van der Waals surface area contributed by atoms with Gasteiger partial charge >= 0.3 is 6.03 Å². The van der Waals surface area contributed by atoms with Crippen molar-refractivity contribution in [2.24, 2.45) is 0 Å². The van der Waals surface area contributed by atoms with Crippen molar-refractivity contribution >= 4 is 11.7 Å². The molecule has 1 fully saturated rings. The molecule has 1 aliphatic rings. The van der Waals surface area contributed by atoms with Gasteiger partial charge in [-0.1, -0.05) is 69.3 Å². The van der Waals surface area contributed by atoms with Crippen molar-refractivity contribution in [1.82, 2.24) is 9.80 Å². The fraction of sp³-hybridized carbons (Fsp3) is 0.458. The standard InChI is InChI=1S/C24H33N3O/c1-5-27(20-15-16-26(18-20)17-19-11-7-6-8-12-19)23(28)25-22-14-10-9-13-21(22)24(2,3)4/h6-14,20H,5,15-18H2,1-4H3,(H,25,28). The van der Waals surface area contributed by atoms with Gasteiger partial charge in [-0.2, -0.15) is 0 Å². The number of para-hydroxylation sites is 1. The van der Waals surface area contributed by atoms with Gasteiger partial charge < -0.3 is 10.2 Å². The Balaban J connectivity index is 1.65. The van der Waals surface area contributed by atoms with Crippen LogP contribution in [0.3, 0.4) is 0 Å². The zero-order chi connectivity index (χ0) is 20.1. The van der Waals surface area contributed by atoms with Crippen molar-refractivity contribution in [3.05, 3.63) is 65.7 Å². The number of benzene rings is 2. The topological polar surface area (TPSA) is 35.6 Å². The molecular formula is C24H33N3O. The van der Waals surface area contributed by atoms with Crippen molar-refractivity contribution in [2.45, 2.75) is 52.1 Å². The number of hydrogen-bond donors (Lipinski definition) is 1. The van der Waals surface area contributed by atoms with Gasteiger partial charge in [-0.05, 0) is 36.0 Å². The van der Waals surface area contributed by atoms with Crippen LogP contribution in [0.1, 0.15) is 45.2 Å². The van der Waals surface area contributed by atoms with E-state index in [1.54, 1.807) is 0 Å². The maximum absolute atomic E-state index is 13.1. The molecule has 28 heavy (non-hydrogen) atoms. The maximum atomic E-state index is 13.1. The molecule has 0 aliphatic carbocycles. The first-order chi connectivity index (χ1) is 13.4. The fourth-order valence-electron chi connectivity index (χ4n) is 4.05. The van der Waals surface area contributed by atoms with E-state index >= 15 is 0 Å². The Bertz CT molecular complexity index is 782. The Kier molecular flexibility index (Phi) is 6.40. The van der Waals surface area contributed by atoms with E-state index in [9.17, 15) is 4.79 Å². The molecule has 3 rings (SSSR count). The summed E-state index contributed by atoms with van der Waals surface area (Å²) in [6.45, 7) is 12.2. The molecule has 2 aromatic rings. The molecule has 1 heterocycles. The quantitative estimate of drug-likeness (QED) is 0.783. The Labute approximate surface area is 169 Å². The van der Waals surface area contributed by atoms with Crippen molar-refractivity contribution < 1.29 is 4.79 Å². The molecule has 1 aliphatic heterocycles. The van der Waals surface area contributed by atoms with E-state index in [-0.39, 0.29) is 17.5 Å². The van der Waals surface area contributed by atoms with Crippen LogP contribution in [0.4, 0.5) is 10.5 Å². The molecule has 1 N–H and O–H groups in total. The number of carbonyl (C=O) groups is 1. The molecule has 4 nitrogen and oxygen atoms in total. The minimum atomic E-state index is -0.0131. The second-order valence-electron chi connectivity index (χ2n) is 8.67. The molecule has 2 amide bonds. The first kappa shape index (κ1) is 20.4. The summed E-state index contributed by atoms with van der Waals surface area (Å²) in [7, 11) is 0. The van der Waals surface area contributed by atoms with Gasteiger partial charge in [-0.15, -0.1) is 0 Å². The van der Waals surface area contributed by atoms with E-state index in [4.69, 9.17) is 0 Å². The Morgan fingerprint density at radius 1 is 1.11 bits per heavy atom. The highest BCUT2D eigenvalue weighted by atomic mass is 16.2. The highest BCUT2D eigenvalue weighted by Crippen LogP contribution is 2.29. The summed E-state index contributed by atoms with van der Waals surface area (Å²) >= 11 is 0. The van der Waals surface area contributed by atoms with Crippen molar-refractivity contribution in [3.8, 4) is 0 Å². The van der Waals surface area contributed by atoms with Crippen LogP contribution in [0.5, 0.6) is 0 Å². The minimum absolute atomic E-state index is 0.00533. The third kappa shape index (κ3) is 4.93. The molecule has 4 heteroatoms. The van der Waals surface area contributed by atoms with Crippen LogP contribution >= 0.6 is 0 Å². The first-order valence-corrected chi connectivity index (χ1v) is 10.3. The number of urea groups is 1. The van der Waals surface area contributed by atoms with Crippen molar-refractivity contribution in [3.63, 3.8) is 0 Å². The predicted octanol–water partition coefficient (Wildman–Crippen LogP) is 5.11. The lowest BCUT2D eigenvalue weighted by atomic mass is 9.86. The van der Waals surface area contributed by atoms with E-state index < -0.39 is 0 Å². The average molecular weight is 380 g/mol. The zero-order valence-electron chi connectivity index (χ0n) is 17.6. The SMILES string of the molecule is CCN(C(=O)Nc1ccccc1C(C)(C)C)C1CCN(Cc2ccccc2)C1. The smallest absolute Gasteiger partial charge is 0.320 e. The van der Waals surface area contributed by atoms with Crippen LogP contribution in [0.15, 0.2) is 54.6 Å². The summed E-state index contributed by atoms with van der Waals surface area (Å²) in [5.41, 5.74) is 3.39. The summed E-state index contributed by atoms with van der Waals surface area (Å²) in [6.07, 6.45) is 1.02. The van der Waals surface area contributed by atoms with Crippen molar-refractivity contribution in [1.29, 1.82) is 0 Å². The number of carbonyl (C=O) groups excluding carboxylic acids is 1. The molecule has 1 saturated heterocycles. The number of nitrogens with zero attached hydrogens (tertiary/aromatic N) is 2. The Hall–Kier alpha value is -2.33. The number of rotatable bonds is 5. The third-order valence-corrected chi connectivity index (χ3v) is 5.52. The van der Waals surface area contributed by atoms with Gasteiger partial charge in [0.2, 0.25) is 0 Å². The summed E-state index contributed by atoms with van der Waals surface area (Å²) < 4.78 is 0. The number of likely N-dealkylation sites (tertiary alicyclic amines) is 1. The lowest BCUT2D eigenvalue weighted by Gasteiger charge is -2.30. The first-order valence-electron chi connectivity index (χ1n) is 10.3. The number of likely N-dealkylation sites (N-methyl/N-ethyl adjacent to an activating group) is 1. The number of anilines is 1. The van der Waals surface area contributed by atoms with Gasteiger partial charge in [0, 0.05) is 37.9 Å². The molecule has 0 spiro atoms. The molecule has 0 saturated carbocycles. The minimum Gasteiger partial charge on any atom is -0.320 e. The zero-order valence-corrected chi connectivity index (χ0v) is 17.6. The molecule has 0 aromatic heterocycles. The van der Waals surface area contributed by atoms with E-state index in [1.165, 1.54) is 5.56 Å². The second-order valence-corrected chi connectivity index (χ2v) is 8.67. The summed E-state index contributed by atoms with van der Waals surface area (Å²) in [6, 6.07) is 18.9. The highest BCUT2D eigenvalue weighted by Gasteiger charge is 2.30. The van der Waals surface area contributed by atoms with E-state index in [1.807, 2.05) is 23.1 Å². The van der Waals surface area contributed by atoms with Crippen molar-refractivity contribution in [2.75, 3.05) is 25.0 Å². The Morgan fingerprint density at radius 3 is 2.46 bits per heavy atom. The maximum Gasteiger partial charge on any atom is 0.322 e. The lowest BCUT2D eigenvalue weighted by molar-refractivity contribution is 0.189. The van der Waals surface area contributed by atoms with Crippen LogP contribution in [-0.4, -0.2) is 41.5 Å². The molecule has 1 unspecified atom stereocenters. The molecule has 1 atom stereocenters.